The van der Waals surface area contributed by atoms with Gasteiger partial charge < -0.3 is 12.5 Å². The van der Waals surface area contributed by atoms with Crippen LogP contribution in [0.25, 0.3) is 0 Å². The van der Waals surface area contributed by atoms with Crippen molar-refractivity contribution in [2.45, 2.75) is 12.5 Å². The first-order chi connectivity index (χ1) is 10.4. The number of carbonyl (C=O) groups excluding carboxylic acids is 2. The molecular weight excluding hydrogens is 355 g/mol. The molecule has 0 atom stereocenters. The molecule has 0 saturated heterocycles. The number of rotatable bonds is 3. The van der Waals surface area contributed by atoms with Gasteiger partial charge in [-0.1, -0.05) is 85.9 Å². The maximum absolute atomic E-state index is 11.4. The van der Waals surface area contributed by atoms with Gasteiger partial charge >= 0.3 is 51.4 Å². The minimum Gasteiger partial charge on any atom is -1.00 e. The quantitative estimate of drug-likeness (QED) is 0.472. The minimum absolute atomic E-state index is 0. The Kier molecular flexibility index (Phi) is 11.2. The van der Waals surface area contributed by atoms with E-state index >= 15 is 0 Å². The summed E-state index contributed by atoms with van der Waals surface area (Å²) in [6, 6.07) is 19.7. The molecule has 0 heterocycles. The summed E-state index contributed by atoms with van der Waals surface area (Å²) in [4.78, 5) is 20.4. The van der Waals surface area contributed by atoms with Crippen molar-refractivity contribution in [1.29, 1.82) is 0 Å². The molecule has 3 N–H and O–H groups in total. The van der Waals surface area contributed by atoms with E-state index in [9.17, 15) is 4.79 Å². The topological polar surface area (TPSA) is 72.2 Å². The van der Waals surface area contributed by atoms with Gasteiger partial charge in [-0.2, -0.15) is 0 Å². The molecule has 118 valence electrons. The third-order valence-electron chi connectivity index (χ3n) is 3.06. The van der Waals surface area contributed by atoms with Crippen LogP contribution in [0.2, 0.25) is 0 Å². The van der Waals surface area contributed by atoms with Gasteiger partial charge in [0.15, 0.2) is 0 Å². The zero-order valence-electron chi connectivity index (χ0n) is 14.1. The van der Waals surface area contributed by atoms with Crippen LogP contribution in [0.15, 0.2) is 60.7 Å². The Morgan fingerprint density at radius 2 is 1.26 bits per heavy atom. The maximum Gasteiger partial charge on any atom is 1.00 e. The maximum atomic E-state index is 11.4. The SMILES string of the molecule is CC(NC(=O)S)(c1ccccc1)c1ccccc1.NC(=O)S.[H-].[K+]. The van der Waals surface area contributed by atoms with Gasteiger partial charge in [-0.25, -0.2) is 0 Å². The van der Waals surface area contributed by atoms with E-state index < -0.39 is 10.8 Å². The summed E-state index contributed by atoms with van der Waals surface area (Å²) in [5, 5.41) is 1.93. The molecule has 2 rings (SSSR count). The van der Waals surface area contributed by atoms with Gasteiger partial charge in [0.05, 0.1) is 5.54 Å². The summed E-state index contributed by atoms with van der Waals surface area (Å²) in [6.07, 6.45) is 0. The van der Waals surface area contributed by atoms with Crippen LogP contribution >= 0.6 is 25.3 Å². The fourth-order valence-corrected chi connectivity index (χ4v) is 2.29. The normalized spacial score (nSPS) is 9.70. The minimum atomic E-state index is -0.639. The smallest absolute Gasteiger partial charge is 1.00 e. The van der Waals surface area contributed by atoms with Gasteiger partial charge in [-0.05, 0) is 18.1 Å². The van der Waals surface area contributed by atoms with Gasteiger partial charge in [-0.15, -0.1) is 0 Å². The first-order valence-corrected chi connectivity index (χ1v) is 7.36. The Hall–Kier alpha value is -0.284. The van der Waals surface area contributed by atoms with Crippen LogP contribution in [0.5, 0.6) is 0 Å². The van der Waals surface area contributed by atoms with Crippen molar-refractivity contribution in [1.82, 2.24) is 5.32 Å². The zero-order valence-corrected chi connectivity index (χ0v) is 18.0. The summed E-state index contributed by atoms with van der Waals surface area (Å²) in [5.74, 6) is 0. The molecule has 7 heteroatoms. The van der Waals surface area contributed by atoms with Gasteiger partial charge in [0.25, 0.3) is 10.5 Å². The fourth-order valence-electron chi connectivity index (χ4n) is 2.07. The van der Waals surface area contributed by atoms with E-state index in [2.05, 4.69) is 36.3 Å². The molecule has 2 amide bonds. The van der Waals surface area contributed by atoms with Crippen LogP contribution in [0.1, 0.15) is 19.5 Å². The van der Waals surface area contributed by atoms with Crippen molar-refractivity contribution in [2.75, 3.05) is 0 Å². The number of amides is 2. The second-order valence-electron chi connectivity index (χ2n) is 4.63. The molecule has 0 spiro atoms. The summed E-state index contributed by atoms with van der Waals surface area (Å²) in [6.45, 7) is 1.98. The first-order valence-electron chi connectivity index (χ1n) is 6.47. The van der Waals surface area contributed by atoms with Crippen LogP contribution in [0.4, 0.5) is 9.59 Å². The van der Waals surface area contributed by atoms with E-state index in [1.54, 1.807) is 0 Å². The van der Waals surface area contributed by atoms with Crippen molar-refractivity contribution in [2.24, 2.45) is 5.73 Å². The second-order valence-corrected chi connectivity index (χ2v) is 5.47. The average Bonchev–Trinajstić information content (AvgIpc) is 2.48. The molecule has 0 fully saturated rings. The standard InChI is InChI=1S/C15H15NOS.CH3NOS.K.H/c1-15(16-14(17)18,12-8-4-2-5-9-12)13-10-6-3-7-11-13;2-1(3)4;;/h2-11H,1H3,(H2,16,17,18);(H3,2,3,4);;/q;;+1;-1. The zero-order chi connectivity index (χ0) is 16.6. The van der Waals surface area contributed by atoms with Gasteiger partial charge in [0.1, 0.15) is 0 Å². The molecule has 0 radical (unpaired) electrons. The number of hydrogen-bond acceptors (Lipinski definition) is 2. The average molecular weight is 375 g/mol. The van der Waals surface area contributed by atoms with E-state index in [-0.39, 0.29) is 58.1 Å². The molecule has 0 aromatic heterocycles. The summed E-state index contributed by atoms with van der Waals surface area (Å²) >= 11 is 6.95. The van der Waals surface area contributed by atoms with E-state index in [4.69, 9.17) is 4.79 Å². The van der Waals surface area contributed by atoms with E-state index in [0.29, 0.717) is 0 Å². The molecule has 0 bridgehead atoms. The monoisotopic (exact) mass is 374 g/mol. The predicted molar refractivity (Wildman–Crippen MR) is 96.5 cm³/mol. The van der Waals surface area contributed by atoms with Crippen molar-refractivity contribution in [3.8, 4) is 0 Å². The van der Waals surface area contributed by atoms with Crippen LogP contribution in [0.3, 0.4) is 0 Å². The van der Waals surface area contributed by atoms with E-state index in [1.807, 2.05) is 67.6 Å². The summed E-state index contributed by atoms with van der Waals surface area (Å²) in [5.41, 5.74) is 5.82. The number of benzene rings is 2. The Bertz CT molecular complexity index is 587. The number of hydrogen-bond donors (Lipinski definition) is 4. The Morgan fingerprint density at radius 1 is 0.957 bits per heavy atom. The van der Waals surface area contributed by atoms with Gasteiger partial charge in [0, 0.05) is 0 Å². The van der Waals surface area contributed by atoms with Crippen molar-refractivity contribution < 1.29 is 62.4 Å². The molecule has 0 aliphatic heterocycles. The largest absolute Gasteiger partial charge is 1.00 e. The molecule has 0 aliphatic carbocycles. The molecule has 23 heavy (non-hydrogen) atoms. The Balaban J connectivity index is 0. The second kappa shape index (κ2) is 11.3. The fraction of sp³-hybridized carbons (Fsp3) is 0.125. The molecule has 0 saturated carbocycles. The first kappa shape index (κ1) is 22.7. The van der Waals surface area contributed by atoms with Gasteiger partial charge in [0.2, 0.25) is 0 Å². The molecule has 0 unspecified atom stereocenters. The summed E-state index contributed by atoms with van der Waals surface area (Å²) in [7, 11) is 0. The Morgan fingerprint density at radius 3 is 1.52 bits per heavy atom. The van der Waals surface area contributed by atoms with Crippen molar-refractivity contribution >= 4 is 35.7 Å². The van der Waals surface area contributed by atoms with Crippen LogP contribution < -0.4 is 62.4 Å². The van der Waals surface area contributed by atoms with Gasteiger partial charge in [-0.3, -0.25) is 9.59 Å². The molecular formula is C16H19KN2O2S2. The third kappa shape index (κ3) is 7.89. The Labute approximate surface area is 191 Å². The van der Waals surface area contributed by atoms with Crippen LogP contribution in [-0.4, -0.2) is 10.5 Å². The number of nitrogens with one attached hydrogen (secondary N) is 1. The molecule has 2 aromatic carbocycles. The number of carbonyl (C=O) groups is 2. The molecule has 2 aromatic rings. The number of primary amides is 1. The summed E-state index contributed by atoms with van der Waals surface area (Å²) < 4.78 is 0. The molecule has 4 nitrogen and oxygen atoms in total. The van der Waals surface area contributed by atoms with Crippen LogP contribution in [-0.2, 0) is 5.54 Å². The van der Waals surface area contributed by atoms with Crippen molar-refractivity contribution in [3.05, 3.63) is 71.8 Å². The number of thiol groups is 2. The molecule has 0 aliphatic rings. The van der Waals surface area contributed by atoms with E-state index in [1.165, 1.54) is 0 Å². The predicted octanol–water partition coefficient (Wildman–Crippen LogP) is 0.701. The number of nitrogens with two attached hydrogens (primary N) is 1. The van der Waals surface area contributed by atoms with Crippen molar-refractivity contribution in [3.63, 3.8) is 0 Å². The van der Waals surface area contributed by atoms with Crippen LogP contribution in [0, 0.1) is 0 Å². The van der Waals surface area contributed by atoms with E-state index in [0.717, 1.165) is 11.1 Å². The third-order valence-corrected chi connectivity index (χ3v) is 3.17.